The number of nitrogens with two attached hydrogens (primary N) is 1. The first kappa shape index (κ1) is 17.2. The molecule has 0 aliphatic rings. The number of methoxy groups -OCH3 is 1. The predicted octanol–water partition coefficient (Wildman–Crippen LogP) is 3.53. The monoisotopic (exact) mass is 363 g/mol. The van der Waals surface area contributed by atoms with Gasteiger partial charge in [0, 0.05) is 5.75 Å². The van der Waals surface area contributed by atoms with Crippen LogP contribution in [0.15, 0.2) is 28.6 Å². The molecule has 2 N–H and O–H groups in total. The lowest BCUT2D eigenvalue weighted by Crippen LogP contribution is -2.21. The van der Waals surface area contributed by atoms with Crippen LogP contribution >= 0.6 is 23.1 Å². The van der Waals surface area contributed by atoms with Gasteiger partial charge in [-0.25, -0.2) is 0 Å². The molecule has 0 fully saturated rings. The topological polar surface area (TPSA) is 78.3 Å². The highest BCUT2D eigenvalue weighted by molar-refractivity contribution is 8.00. The molecule has 8 heteroatoms. The molecule has 0 radical (unpaired) electrons. The van der Waals surface area contributed by atoms with Gasteiger partial charge in [0.05, 0.1) is 13.2 Å². The van der Waals surface area contributed by atoms with Crippen LogP contribution in [0.1, 0.15) is 37.7 Å². The van der Waals surface area contributed by atoms with Gasteiger partial charge in [-0.1, -0.05) is 55.5 Å². The molecule has 2 unspecified atom stereocenters. The SMILES string of the molecule is CCC(C)C(N)c1nnc2sc(SCc3cccc(OC)c3)nn12. The van der Waals surface area contributed by atoms with Crippen LogP contribution in [0.5, 0.6) is 5.75 Å². The van der Waals surface area contributed by atoms with Gasteiger partial charge in [0.2, 0.25) is 4.96 Å². The van der Waals surface area contributed by atoms with Crippen molar-refractivity contribution < 1.29 is 4.74 Å². The van der Waals surface area contributed by atoms with Crippen LogP contribution < -0.4 is 10.5 Å². The second kappa shape index (κ2) is 7.50. The number of hydrogen-bond acceptors (Lipinski definition) is 7. The first-order chi connectivity index (χ1) is 11.6. The Morgan fingerprint density at radius 3 is 2.96 bits per heavy atom. The molecule has 2 atom stereocenters. The number of ether oxygens (including phenoxy) is 1. The Balaban J connectivity index is 1.75. The van der Waals surface area contributed by atoms with E-state index in [2.05, 4.69) is 35.2 Å². The lowest BCUT2D eigenvalue weighted by molar-refractivity contribution is 0.414. The third kappa shape index (κ3) is 3.55. The Bertz CT molecular complexity index is 816. The number of aromatic nitrogens is 4. The van der Waals surface area contributed by atoms with Crippen LogP contribution in [0.4, 0.5) is 0 Å². The molecule has 0 amide bonds. The minimum atomic E-state index is -0.150. The molecular formula is C16H21N5OS2. The van der Waals surface area contributed by atoms with Crippen molar-refractivity contribution in [3.05, 3.63) is 35.7 Å². The van der Waals surface area contributed by atoms with E-state index in [4.69, 9.17) is 10.5 Å². The van der Waals surface area contributed by atoms with Crippen LogP contribution in [0, 0.1) is 5.92 Å². The summed E-state index contributed by atoms with van der Waals surface area (Å²) < 4.78 is 8.00. The summed E-state index contributed by atoms with van der Waals surface area (Å²) in [6, 6.07) is 7.91. The number of hydrogen-bond donors (Lipinski definition) is 1. The van der Waals surface area contributed by atoms with Crippen molar-refractivity contribution >= 4 is 28.1 Å². The van der Waals surface area contributed by atoms with Gasteiger partial charge in [-0.15, -0.1) is 15.3 Å². The molecule has 24 heavy (non-hydrogen) atoms. The standard InChI is InChI=1S/C16H21N5OS2/c1-4-10(2)13(17)14-18-19-15-21(14)20-16(24-15)23-9-11-6-5-7-12(8-11)22-3/h5-8,10,13H,4,9,17H2,1-3H3. The van der Waals surface area contributed by atoms with E-state index < -0.39 is 0 Å². The molecule has 0 saturated carbocycles. The summed E-state index contributed by atoms with van der Waals surface area (Å²) in [6.45, 7) is 4.25. The molecule has 0 aliphatic carbocycles. The maximum Gasteiger partial charge on any atom is 0.235 e. The van der Waals surface area contributed by atoms with E-state index in [0.717, 1.165) is 33.0 Å². The summed E-state index contributed by atoms with van der Waals surface area (Å²) >= 11 is 3.22. The summed E-state index contributed by atoms with van der Waals surface area (Å²) in [4.78, 5) is 0.789. The molecule has 0 spiro atoms. The second-order valence-corrected chi connectivity index (χ2v) is 7.85. The zero-order valence-electron chi connectivity index (χ0n) is 14.0. The molecule has 3 aromatic rings. The average Bonchev–Trinajstić information content (AvgIpc) is 3.19. The van der Waals surface area contributed by atoms with E-state index in [-0.39, 0.29) is 6.04 Å². The van der Waals surface area contributed by atoms with E-state index in [1.54, 1.807) is 23.4 Å². The summed E-state index contributed by atoms with van der Waals surface area (Å²) in [5.41, 5.74) is 7.48. The van der Waals surface area contributed by atoms with Crippen molar-refractivity contribution in [1.29, 1.82) is 0 Å². The number of rotatable bonds is 7. The number of thioether (sulfide) groups is 1. The van der Waals surface area contributed by atoms with Crippen molar-refractivity contribution in [1.82, 2.24) is 19.8 Å². The number of nitrogens with zero attached hydrogens (tertiary/aromatic N) is 4. The Morgan fingerprint density at radius 1 is 1.38 bits per heavy atom. The predicted molar refractivity (Wildman–Crippen MR) is 97.6 cm³/mol. The smallest absolute Gasteiger partial charge is 0.235 e. The van der Waals surface area contributed by atoms with Crippen LogP contribution in [0.25, 0.3) is 4.96 Å². The van der Waals surface area contributed by atoms with E-state index in [9.17, 15) is 0 Å². The Hall–Kier alpha value is -1.64. The highest BCUT2D eigenvalue weighted by Gasteiger charge is 2.21. The van der Waals surface area contributed by atoms with Gasteiger partial charge in [-0.2, -0.15) is 4.52 Å². The molecule has 2 heterocycles. The van der Waals surface area contributed by atoms with Crippen molar-refractivity contribution in [2.75, 3.05) is 7.11 Å². The third-order valence-corrected chi connectivity index (χ3v) is 6.15. The lowest BCUT2D eigenvalue weighted by atomic mass is 10.00. The van der Waals surface area contributed by atoms with Gasteiger partial charge < -0.3 is 10.5 Å². The lowest BCUT2D eigenvalue weighted by Gasteiger charge is -2.15. The molecule has 3 rings (SSSR count). The first-order valence-corrected chi connectivity index (χ1v) is 9.66. The molecule has 6 nitrogen and oxygen atoms in total. The zero-order chi connectivity index (χ0) is 17.1. The Kier molecular flexibility index (Phi) is 5.37. The Labute approximate surface area is 149 Å². The van der Waals surface area contributed by atoms with E-state index in [1.165, 1.54) is 16.9 Å². The second-order valence-electron chi connectivity index (χ2n) is 5.67. The molecule has 0 bridgehead atoms. The molecule has 0 aliphatic heterocycles. The van der Waals surface area contributed by atoms with Gasteiger partial charge in [0.1, 0.15) is 5.75 Å². The van der Waals surface area contributed by atoms with Gasteiger partial charge in [0.25, 0.3) is 0 Å². The molecule has 2 aromatic heterocycles. The molecule has 128 valence electrons. The summed E-state index contributed by atoms with van der Waals surface area (Å²) in [5, 5.41) is 13.1. The largest absolute Gasteiger partial charge is 0.497 e. The molecule has 0 saturated heterocycles. The molecular weight excluding hydrogens is 342 g/mol. The van der Waals surface area contributed by atoms with Crippen molar-refractivity contribution in [3.8, 4) is 5.75 Å². The maximum absolute atomic E-state index is 6.29. The quantitative estimate of drug-likeness (QED) is 0.647. The number of fused-ring (bicyclic) bond motifs is 1. The molecule has 1 aromatic carbocycles. The normalized spacial score (nSPS) is 14.0. The maximum atomic E-state index is 6.29. The van der Waals surface area contributed by atoms with E-state index in [0.29, 0.717) is 5.92 Å². The van der Waals surface area contributed by atoms with Gasteiger partial charge >= 0.3 is 0 Å². The zero-order valence-corrected chi connectivity index (χ0v) is 15.6. The van der Waals surface area contributed by atoms with Crippen LogP contribution in [-0.4, -0.2) is 26.9 Å². The average molecular weight is 364 g/mol. The highest BCUT2D eigenvalue weighted by atomic mass is 32.2. The van der Waals surface area contributed by atoms with E-state index >= 15 is 0 Å². The fourth-order valence-corrected chi connectivity index (χ4v) is 4.12. The van der Waals surface area contributed by atoms with Gasteiger partial charge in [-0.3, -0.25) is 0 Å². The van der Waals surface area contributed by atoms with E-state index in [1.807, 2.05) is 18.2 Å². The van der Waals surface area contributed by atoms with Crippen molar-refractivity contribution in [2.45, 2.75) is 36.4 Å². The van der Waals surface area contributed by atoms with Crippen molar-refractivity contribution in [2.24, 2.45) is 11.7 Å². The van der Waals surface area contributed by atoms with Crippen LogP contribution in [0.2, 0.25) is 0 Å². The number of benzene rings is 1. The summed E-state index contributed by atoms with van der Waals surface area (Å²) in [6.07, 6.45) is 0.998. The summed E-state index contributed by atoms with van der Waals surface area (Å²) in [7, 11) is 1.68. The van der Waals surface area contributed by atoms with Crippen molar-refractivity contribution in [3.63, 3.8) is 0 Å². The minimum Gasteiger partial charge on any atom is -0.497 e. The Morgan fingerprint density at radius 2 is 2.21 bits per heavy atom. The van der Waals surface area contributed by atoms with Gasteiger partial charge in [-0.05, 0) is 23.6 Å². The summed E-state index contributed by atoms with van der Waals surface area (Å²) in [5.74, 6) is 2.78. The fraction of sp³-hybridized carbons (Fsp3) is 0.438. The fourth-order valence-electron chi connectivity index (χ4n) is 2.30. The highest BCUT2D eigenvalue weighted by Crippen LogP contribution is 2.30. The van der Waals surface area contributed by atoms with Crippen LogP contribution in [0.3, 0.4) is 0 Å². The minimum absolute atomic E-state index is 0.150. The first-order valence-electron chi connectivity index (χ1n) is 7.85. The third-order valence-electron chi connectivity index (χ3n) is 4.05. The van der Waals surface area contributed by atoms with Crippen LogP contribution in [-0.2, 0) is 5.75 Å². The van der Waals surface area contributed by atoms with Gasteiger partial charge in [0.15, 0.2) is 10.2 Å².